The largest absolute Gasteiger partial charge is 0.366 e. The number of aromatic nitrogens is 2. The Morgan fingerprint density at radius 1 is 1.14 bits per heavy atom. The second-order valence-electron chi connectivity index (χ2n) is 5.78. The molecule has 1 aromatic heterocycles. The number of benzene rings is 1. The van der Waals surface area contributed by atoms with Crippen LogP contribution in [-0.2, 0) is 0 Å². The van der Waals surface area contributed by atoms with Crippen LogP contribution in [-0.4, -0.2) is 29.1 Å². The third kappa shape index (κ3) is 3.54. The highest BCUT2D eigenvalue weighted by Crippen LogP contribution is 2.21. The lowest BCUT2D eigenvalue weighted by Gasteiger charge is -2.25. The number of nitrogens with zero attached hydrogens (tertiary/aromatic N) is 2. The van der Waals surface area contributed by atoms with Crippen molar-refractivity contribution in [2.24, 2.45) is 0 Å². The molecule has 1 atom stereocenters. The molecule has 0 saturated carbocycles. The summed E-state index contributed by atoms with van der Waals surface area (Å²) >= 11 is 0. The molecule has 0 spiro atoms. The van der Waals surface area contributed by atoms with Crippen molar-refractivity contribution < 1.29 is 0 Å². The van der Waals surface area contributed by atoms with Crippen LogP contribution in [0.25, 0.3) is 0 Å². The Bertz CT molecular complexity index is 620. The number of aryl methyl sites for hydroxylation is 1. The van der Waals surface area contributed by atoms with Gasteiger partial charge in [-0.1, -0.05) is 18.2 Å². The maximum atomic E-state index is 4.66. The molecule has 116 valence electrons. The summed E-state index contributed by atoms with van der Waals surface area (Å²) in [6.45, 7) is 6.20. The highest BCUT2D eigenvalue weighted by Gasteiger charge is 2.16. The Morgan fingerprint density at radius 3 is 2.68 bits per heavy atom. The van der Waals surface area contributed by atoms with Crippen molar-refractivity contribution in [3.8, 4) is 0 Å². The topological polar surface area (TPSA) is 61.9 Å². The van der Waals surface area contributed by atoms with E-state index in [1.165, 1.54) is 12.8 Å². The van der Waals surface area contributed by atoms with E-state index >= 15 is 0 Å². The van der Waals surface area contributed by atoms with Crippen LogP contribution in [0.4, 0.5) is 17.5 Å². The zero-order chi connectivity index (χ0) is 15.4. The highest BCUT2D eigenvalue weighted by molar-refractivity contribution is 5.57. The summed E-state index contributed by atoms with van der Waals surface area (Å²) in [5.74, 6) is 1.57. The van der Waals surface area contributed by atoms with E-state index in [1.54, 1.807) is 0 Å². The minimum Gasteiger partial charge on any atom is -0.366 e. The number of hydrogen-bond acceptors (Lipinski definition) is 5. The Hall–Kier alpha value is -2.14. The van der Waals surface area contributed by atoms with Crippen LogP contribution < -0.4 is 16.0 Å². The van der Waals surface area contributed by atoms with Crippen LogP contribution in [0.15, 0.2) is 30.3 Å². The van der Waals surface area contributed by atoms with Crippen molar-refractivity contribution in [1.82, 2.24) is 15.3 Å². The fraction of sp³-hybridized carbons (Fsp3) is 0.412. The highest BCUT2D eigenvalue weighted by atomic mass is 15.2. The molecule has 1 aromatic carbocycles. The quantitative estimate of drug-likeness (QED) is 0.810. The number of anilines is 3. The van der Waals surface area contributed by atoms with E-state index in [0.717, 1.165) is 35.9 Å². The van der Waals surface area contributed by atoms with Gasteiger partial charge in [-0.05, 0) is 45.4 Å². The van der Waals surface area contributed by atoms with Crippen LogP contribution in [0.2, 0.25) is 0 Å². The molecule has 0 bridgehead atoms. The van der Waals surface area contributed by atoms with E-state index in [1.807, 2.05) is 37.3 Å². The third-order valence-corrected chi connectivity index (χ3v) is 4.06. The van der Waals surface area contributed by atoms with Crippen molar-refractivity contribution >= 4 is 17.5 Å². The SMILES string of the molecule is Cc1nc(Nc2ccccc2)nc(NC2CCCNC2)c1C. The number of rotatable bonds is 4. The first-order valence-corrected chi connectivity index (χ1v) is 7.87. The fourth-order valence-corrected chi connectivity index (χ4v) is 2.64. The second kappa shape index (κ2) is 6.75. The van der Waals surface area contributed by atoms with Crippen LogP contribution in [0, 0.1) is 13.8 Å². The van der Waals surface area contributed by atoms with Gasteiger partial charge in [0.25, 0.3) is 0 Å². The van der Waals surface area contributed by atoms with Gasteiger partial charge in [0.1, 0.15) is 5.82 Å². The lowest BCUT2D eigenvalue weighted by molar-refractivity contribution is 0.478. The zero-order valence-electron chi connectivity index (χ0n) is 13.2. The summed E-state index contributed by atoms with van der Waals surface area (Å²) < 4.78 is 0. The molecule has 5 nitrogen and oxygen atoms in total. The lowest BCUT2D eigenvalue weighted by Crippen LogP contribution is -2.38. The Balaban J connectivity index is 1.80. The van der Waals surface area contributed by atoms with Gasteiger partial charge >= 0.3 is 0 Å². The van der Waals surface area contributed by atoms with Gasteiger partial charge in [-0.2, -0.15) is 4.98 Å². The molecule has 1 saturated heterocycles. The molecule has 0 amide bonds. The summed E-state index contributed by atoms with van der Waals surface area (Å²) in [7, 11) is 0. The Kier molecular flexibility index (Phi) is 4.53. The summed E-state index contributed by atoms with van der Waals surface area (Å²) in [6, 6.07) is 10.4. The number of piperidine rings is 1. The van der Waals surface area contributed by atoms with Crippen LogP contribution >= 0.6 is 0 Å². The predicted octanol–water partition coefficient (Wildman–Crippen LogP) is 3.00. The zero-order valence-corrected chi connectivity index (χ0v) is 13.2. The normalized spacial score (nSPS) is 18.0. The van der Waals surface area contributed by atoms with Gasteiger partial charge in [-0.15, -0.1) is 0 Å². The molecule has 0 aliphatic carbocycles. The van der Waals surface area contributed by atoms with Crippen molar-refractivity contribution in [2.45, 2.75) is 32.7 Å². The Labute approximate surface area is 131 Å². The Morgan fingerprint density at radius 2 is 1.95 bits per heavy atom. The van der Waals surface area contributed by atoms with Gasteiger partial charge < -0.3 is 16.0 Å². The lowest BCUT2D eigenvalue weighted by atomic mass is 10.1. The molecule has 2 heterocycles. The smallest absolute Gasteiger partial charge is 0.229 e. The third-order valence-electron chi connectivity index (χ3n) is 4.06. The first-order chi connectivity index (χ1) is 10.7. The molecule has 1 fully saturated rings. The monoisotopic (exact) mass is 297 g/mol. The number of nitrogens with one attached hydrogen (secondary N) is 3. The molecule has 1 aliphatic heterocycles. The van der Waals surface area contributed by atoms with Gasteiger partial charge in [0.15, 0.2) is 0 Å². The maximum absolute atomic E-state index is 4.66. The summed E-state index contributed by atoms with van der Waals surface area (Å²) in [5.41, 5.74) is 3.11. The van der Waals surface area contributed by atoms with Gasteiger partial charge in [0.2, 0.25) is 5.95 Å². The van der Waals surface area contributed by atoms with Gasteiger partial charge in [0, 0.05) is 29.5 Å². The minimum absolute atomic E-state index is 0.436. The van der Waals surface area contributed by atoms with Crippen LogP contribution in [0.1, 0.15) is 24.1 Å². The van der Waals surface area contributed by atoms with Crippen molar-refractivity contribution in [1.29, 1.82) is 0 Å². The molecule has 3 N–H and O–H groups in total. The van der Waals surface area contributed by atoms with Crippen LogP contribution in [0.3, 0.4) is 0 Å². The van der Waals surface area contributed by atoms with E-state index in [9.17, 15) is 0 Å². The van der Waals surface area contributed by atoms with E-state index < -0.39 is 0 Å². The molecule has 3 rings (SSSR count). The first-order valence-electron chi connectivity index (χ1n) is 7.87. The van der Waals surface area contributed by atoms with Crippen LogP contribution in [0.5, 0.6) is 0 Å². The first kappa shape index (κ1) is 14.8. The predicted molar refractivity (Wildman–Crippen MR) is 90.7 cm³/mol. The van der Waals surface area contributed by atoms with Crippen molar-refractivity contribution in [3.63, 3.8) is 0 Å². The molecular weight excluding hydrogens is 274 g/mol. The average Bonchev–Trinajstić information content (AvgIpc) is 2.54. The van der Waals surface area contributed by atoms with Gasteiger partial charge in [-0.25, -0.2) is 4.98 Å². The van der Waals surface area contributed by atoms with Gasteiger partial charge in [0.05, 0.1) is 0 Å². The average molecular weight is 297 g/mol. The minimum atomic E-state index is 0.436. The number of para-hydroxylation sites is 1. The molecular formula is C17H23N5. The maximum Gasteiger partial charge on any atom is 0.229 e. The van der Waals surface area contributed by atoms with E-state index in [2.05, 4.69) is 32.8 Å². The van der Waals surface area contributed by atoms with E-state index in [-0.39, 0.29) is 0 Å². The summed E-state index contributed by atoms with van der Waals surface area (Å²) in [5, 5.41) is 10.3. The summed E-state index contributed by atoms with van der Waals surface area (Å²) in [6.07, 6.45) is 2.38. The second-order valence-corrected chi connectivity index (χ2v) is 5.78. The fourth-order valence-electron chi connectivity index (χ4n) is 2.64. The van der Waals surface area contributed by atoms with E-state index in [4.69, 9.17) is 0 Å². The molecule has 5 heteroatoms. The van der Waals surface area contributed by atoms with Gasteiger partial charge in [-0.3, -0.25) is 0 Å². The van der Waals surface area contributed by atoms with Crippen molar-refractivity contribution in [3.05, 3.63) is 41.6 Å². The molecule has 0 radical (unpaired) electrons. The molecule has 1 unspecified atom stereocenters. The summed E-state index contributed by atoms with van der Waals surface area (Å²) in [4.78, 5) is 9.21. The number of hydrogen-bond donors (Lipinski definition) is 3. The van der Waals surface area contributed by atoms with Crippen molar-refractivity contribution in [2.75, 3.05) is 23.7 Å². The molecule has 2 aromatic rings. The van der Waals surface area contributed by atoms with E-state index in [0.29, 0.717) is 12.0 Å². The molecule has 1 aliphatic rings. The molecule has 22 heavy (non-hydrogen) atoms. The standard InChI is InChI=1S/C17H23N5/c1-12-13(2)19-17(21-14-7-4-3-5-8-14)22-16(12)20-15-9-6-10-18-11-15/h3-5,7-8,15,18H,6,9-11H2,1-2H3,(H2,19,20,21,22).